The highest BCUT2D eigenvalue weighted by molar-refractivity contribution is 6.72. The summed E-state index contributed by atoms with van der Waals surface area (Å²) in [6.07, 6.45) is -10.8. The molecule has 0 bridgehead atoms. The first kappa shape index (κ1) is 15.8. The van der Waals surface area contributed by atoms with Crippen molar-refractivity contribution in [3.8, 4) is 0 Å². The Bertz CT molecular complexity index is 194. The van der Waals surface area contributed by atoms with Crippen molar-refractivity contribution in [1.82, 2.24) is 0 Å². The number of rotatable bonds is 5. The minimum absolute atomic E-state index is 0.330. The molecule has 8 heteroatoms. The van der Waals surface area contributed by atoms with E-state index in [2.05, 4.69) is 0 Å². The molecule has 0 fully saturated rings. The molecule has 0 saturated heterocycles. The highest BCUT2D eigenvalue weighted by atomic mass is 28.4. The van der Waals surface area contributed by atoms with Gasteiger partial charge in [-0.05, 0) is 18.6 Å². The van der Waals surface area contributed by atoms with Crippen LogP contribution in [0.15, 0.2) is 0 Å². The lowest BCUT2D eigenvalue weighted by Crippen LogP contribution is -2.35. The lowest BCUT2D eigenvalue weighted by molar-refractivity contribution is -0.132. The lowest BCUT2D eigenvalue weighted by Gasteiger charge is -2.26. The third-order valence-electron chi connectivity index (χ3n) is 2.37. The van der Waals surface area contributed by atoms with E-state index in [1.807, 2.05) is 0 Å². The first-order valence-electron chi connectivity index (χ1n) is 4.66. The van der Waals surface area contributed by atoms with Gasteiger partial charge in [0, 0.05) is 20.0 Å². The van der Waals surface area contributed by atoms with Gasteiger partial charge in [-0.1, -0.05) is 0 Å². The molecule has 0 saturated carbocycles. The second-order valence-corrected chi connectivity index (χ2v) is 8.19. The van der Waals surface area contributed by atoms with Gasteiger partial charge >= 0.3 is 12.4 Å². The molecule has 0 rings (SSSR count). The van der Waals surface area contributed by atoms with Crippen molar-refractivity contribution in [3.05, 3.63) is 0 Å². The molecule has 0 N–H and O–H groups in total. The van der Waals surface area contributed by atoms with Crippen LogP contribution in [-0.2, 0) is 4.43 Å². The Morgan fingerprint density at radius 1 is 0.875 bits per heavy atom. The van der Waals surface area contributed by atoms with E-state index in [4.69, 9.17) is 4.43 Å². The molecule has 0 unspecified atom stereocenters. The zero-order chi connectivity index (χ0) is 13.0. The molecule has 0 aliphatic heterocycles. The Labute approximate surface area is 90.9 Å². The molecule has 0 aromatic heterocycles. The van der Waals surface area contributed by atoms with Crippen LogP contribution in [-0.4, -0.2) is 27.8 Å². The van der Waals surface area contributed by atoms with E-state index < -0.39 is 33.5 Å². The van der Waals surface area contributed by atoms with E-state index in [9.17, 15) is 26.3 Å². The van der Waals surface area contributed by atoms with Crippen molar-refractivity contribution in [1.29, 1.82) is 0 Å². The van der Waals surface area contributed by atoms with E-state index in [0.717, 1.165) is 0 Å². The topological polar surface area (TPSA) is 9.23 Å². The molecular formula is C8H14F6OSi. The first-order valence-corrected chi connectivity index (χ1v) is 7.48. The number of hydrogen-bond acceptors (Lipinski definition) is 1. The van der Waals surface area contributed by atoms with Gasteiger partial charge in [-0.25, -0.2) is 0 Å². The van der Waals surface area contributed by atoms with E-state index in [-0.39, 0.29) is 12.1 Å². The van der Waals surface area contributed by atoms with Gasteiger partial charge in [0.25, 0.3) is 0 Å². The summed E-state index contributed by atoms with van der Waals surface area (Å²) in [5.41, 5.74) is 0. The SMILES string of the molecule is CO[Si](C)(CCC(F)(F)F)CCC(F)(F)F. The van der Waals surface area contributed by atoms with Gasteiger partial charge in [-0.15, -0.1) is 0 Å². The molecule has 0 aliphatic carbocycles. The third-order valence-corrected chi connectivity index (χ3v) is 5.97. The monoisotopic (exact) mass is 268 g/mol. The van der Waals surface area contributed by atoms with Crippen LogP contribution in [0.3, 0.4) is 0 Å². The standard InChI is InChI=1S/C8H14F6OSi/c1-15-16(2,5-3-7(9,10)11)6-4-8(12,13)14/h3-6H2,1-2H3. The molecule has 0 aromatic carbocycles. The second kappa shape index (κ2) is 5.39. The zero-order valence-corrected chi connectivity index (χ0v) is 10.0. The predicted molar refractivity (Wildman–Crippen MR) is 49.6 cm³/mol. The van der Waals surface area contributed by atoms with Crippen molar-refractivity contribution in [2.45, 2.75) is 43.8 Å². The predicted octanol–water partition coefficient (Wildman–Crippen LogP) is 4.11. The Hall–Kier alpha value is -0.243. The normalized spacial score (nSPS) is 14.2. The lowest BCUT2D eigenvalue weighted by atomic mass is 10.5. The summed E-state index contributed by atoms with van der Waals surface area (Å²) < 4.78 is 76.5. The average Bonchev–Trinajstić information content (AvgIpc) is 2.09. The molecule has 0 radical (unpaired) electrons. The Balaban J connectivity index is 4.21. The average molecular weight is 268 g/mol. The van der Waals surface area contributed by atoms with Crippen LogP contribution in [0.5, 0.6) is 0 Å². The van der Waals surface area contributed by atoms with E-state index in [1.54, 1.807) is 0 Å². The molecular weight excluding hydrogens is 254 g/mol. The Kier molecular flexibility index (Phi) is 5.31. The van der Waals surface area contributed by atoms with E-state index in [0.29, 0.717) is 0 Å². The van der Waals surface area contributed by atoms with Gasteiger partial charge in [0.15, 0.2) is 8.32 Å². The fraction of sp³-hybridized carbons (Fsp3) is 1.00. The van der Waals surface area contributed by atoms with Crippen LogP contribution in [0.4, 0.5) is 26.3 Å². The fourth-order valence-corrected chi connectivity index (χ4v) is 3.42. The molecule has 0 spiro atoms. The van der Waals surface area contributed by atoms with Crippen molar-refractivity contribution >= 4 is 8.32 Å². The summed E-state index contributed by atoms with van der Waals surface area (Å²) in [6.45, 7) is 1.39. The largest absolute Gasteiger partial charge is 0.420 e. The summed E-state index contributed by atoms with van der Waals surface area (Å²) in [5.74, 6) is 0. The van der Waals surface area contributed by atoms with Crippen LogP contribution in [0.2, 0.25) is 18.6 Å². The Morgan fingerprint density at radius 2 is 1.19 bits per heavy atom. The van der Waals surface area contributed by atoms with Crippen LogP contribution in [0.25, 0.3) is 0 Å². The van der Waals surface area contributed by atoms with Gasteiger partial charge in [-0.3, -0.25) is 0 Å². The highest BCUT2D eigenvalue weighted by Gasteiger charge is 2.38. The molecule has 0 atom stereocenters. The maximum absolute atomic E-state index is 11.9. The van der Waals surface area contributed by atoms with Gasteiger partial charge in [-0.2, -0.15) is 26.3 Å². The molecule has 0 aromatic rings. The van der Waals surface area contributed by atoms with Gasteiger partial charge < -0.3 is 4.43 Å². The second-order valence-electron chi connectivity index (χ2n) is 3.88. The van der Waals surface area contributed by atoms with Crippen LogP contribution >= 0.6 is 0 Å². The zero-order valence-electron chi connectivity index (χ0n) is 9.00. The van der Waals surface area contributed by atoms with Gasteiger partial charge in [0.2, 0.25) is 0 Å². The van der Waals surface area contributed by atoms with Crippen molar-refractivity contribution in [2.24, 2.45) is 0 Å². The molecule has 98 valence electrons. The van der Waals surface area contributed by atoms with Crippen molar-refractivity contribution in [2.75, 3.05) is 7.11 Å². The number of hydrogen-bond donors (Lipinski definition) is 0. The summed E-state index contributed by atoms with van der Waals surface area (Å²) in [7, 11) is -1.70. The first-order chi connectivity index (χ1) is 6.97. The quantitative estimate of drug-likeness (QED) is 0.538. The van der Waals surface area contributed by atoms with Crippen LogP contribution < -0.4 is 0 Å². The maximum atomic E-state index is 11.9. The third kappa shape index (κ3) is 7.97. The molecule has 0 heterocycles. The van der Waals surface area contributed by atoms with Crippen LogP contribution in [0, 0.1) is 0 Å². The van der Waals surface area contributed by atoms with E-state index in [1.165, 1.54) is 13.7 Å². The Morgan fingerprint density at radius 3 is 1.38 bits per heavy atom. The molecule has 0 amide bonds. The maximum Gasteiger partial charge on any atom is 0.388 e. The van der Waals surface area contributed by atoms with Crippen molar-refractivity contribution in [3.63, 3.8) is 0 Å². The molecule has 0 aliphatic rings. The van der Waals surface area contributed by atoms with Crippen molar-refractivity contribution < 1.29 is 30.8 Å². The highest BCUT2D eigenvalue weighted by Crippen LogP contribution is 2.32. The van der Waals surface area contributed by atoms with Crippen LogP contribution in [0.1, 0.15) is 12.8 Å². The fourth-order valence-electron chi connectivity index (χ4n) is 1.14. The van der Waals surface area contributed by atoms with Gasteiger partial charge in [0.1, 0.15) is 0 Å². The summed E-state index contributed by atoms with van der Waals surface area (Å²) in [6, 6.07) is -0.661. The smallest absolute Gasteiger partial charge is 0.388 e. The number of halogens is 6. The minimum atomic E-state index is -4.34. The van der Waals surface area contributed by atoms with Gasteiger partial charge in [0.05, 0.1) is 0 Å². The van der Waals surface area contributed by atoms with E-state index >= 15 is 0 Å². The summed E-state index contributed by atoms with van der Waals surface area (Å²) >= 11 is 0. The summed E-state index contributed by atoms with van der Waals surface area (Å²) in [4.78, 5) is 0. The molecule has 16 heavy (non-hydrogen) atoms. The molecule has 1 nitrogen and oxygen atoms in total. The summed E-state index contributed by atoms with van der Waals surface area (Å²) in [5, 5.41) is 0. The number of alkyl halides is 6. The minimum Gasteiger partial charge on any atom is -0.420 e.